The molecule has 0 spiro atoms. The molecule has 0 atom stereocenters. The summed E-state index contributed by atoms with van der Waals surface area (Å²) in [5.74, 6) is 0. The minimum absolute atomic E-state index is 1.06. The first-order chi connectivity index (χ1) is 5.90. The van der Waals surface area contributed by atoms with E-state index in [9.17, 15) is 0 Å². The Bertz CT molecular complexity index is 332. The molecule has 0 amide bonds. The van der Waals surface area contributed by atoms with Crippen molar-refractivity contribution < 1.29 is 0 Å². The molecule has 1 aromatic carbocycles. The summed E-state index contributed by atoms with van der Waals surface area (Å²) in [5, 5.41) is 0. The lowest BCUT2D eigenvalue weighted by atomic mass is 9.92. The minimum atomic E-state index is 1.06. The summed E-state index contributed by atoms with van der Waals surface area (Å²) < 4.78 is 0. The summed E-state index contributed by atoms with van der Waals surface area (Å²) in [5.41, 5.74) is 4.27. The fraction of sp³-hybridized carbons (Fsp3) is 0.167. The maximum absolute atomic E-state index is 3.79. The topological polar surface area (TPSA) is 0 Å². The molecule has 0 saturated heterocycles. The highest BCUT2D eigenvalue weighted by atomic mass is 14.1. The fourth-order valence-corrected chi connectivity index (χ4v) is 1.62. The summed E-state index contributed by atoms with van der Waals surface area (Å²) in [6.07, 6.45) is 6.34. The van der Waals surface area contributed by atoms with Crippen LogP contribution in [0.5, 0.6) is 0 Å². The molecule has 0 aromatic heterocycles. The lowest BCUT2D eigenvalue weighted by molar-refractivity contribution is 1.05. The molecule has 0 nitrogen and oxygen atoms in total. The van der Waals surface area contributed by atoms with Crippen molar-refractivity contribution in [2.45, 2.75) is 12.8 Å². The maximum Gasteiger partial charge on any atom is -0.00262 e. The molecule has 0 bridgehead atoms. The lowest BCUT2D eigenvalue weighted by Gasteiger charge is -2.13. The standard InChI is InChI=1S/C12H12/c1-2-10-7-8-11-5-3-4-6-12(11)9-10/h2-7H,1,8-9H2. The zero-order valence-electron chi connectivity index (χ0n) is 7.09. The maximum atomic E-state index is 3.79. The normalized spacial score (nSPS) is 14.8. The predicted molar refractivity (Wildman–Crippen MR) is 52.1 cm³/mol. The van der Waals surface area contributed by atoms with E-state index in [-0.39, 0.29) is 0 Å². The second kappa shape index (κ2) is 2.98. The van der Waals surface area contributed by atoms with Crippen molar-refractivity contribution in [3.05, 3.63) is 59.7 Å². The van der Waals surface area contributed by atoms with Crippen LogP contribution in [0.1, 0.15) is 11.1 Å². The Morgan fingerprint density at radius 3 is 2.67 bits per heavy atom. The zero-order valence-corrected chi connectivity index (χ0v) is 7.09. The van der Waals surface area contributed by atoms with Gasteiger partial charge in [0.15, 0.2) is 0 Å². The van der Waals surface area contributed by atoms with Crippen molar-refractivity contribution in [3.8, 4) is 0 Å². The third kappa shape index (κ3) is 1.20. The largest absolute Gasteiger partial charge is 0.0988 e. The highest BCUT2D eigenvalue weighted by molar-refractivity contribution is 5.39. The molecule has 0 aliphatic heterocycles. The van der Waals surface area contributed by atoms with Gasteiger partial charge < -0.3 is 0 Å². The molecule has 2 rings (SSSR count). The number of hydrogen-bond acceptors (Lipinski definition) is 0. The molecule has 0 radical (unpaired) electrons. The number of benzene rings is 1. The second-order valence-corrected chi connectivity index (χ2v) is 3.13. The summed E-state index contributed by atoms with van der Waals surface area (Å²) in [6, 6.07) is 8.61. The van der Waals surface area contributed by atoms with E-state index < -0.39 is 0 Å². The molecule has 0 fully saturated rings. The quantitative estimate of drug-likeness (QED) is 0.586. The molecule has 0 unspecified atom stereocenters. The number of hydrogen-bond donors (Lipinski definition) is 0. The van der Waals surface area contributed by atoms with E-state index in [1.165, 1.54) is 16.7 Å². The number of fused-ring (bicyclic) bond motifs is 1. The van der Waals surface area contributed by atoms with Crippen molar-refractivity contribution in [3.63, 3.8) is 0 Å². The molecule has 12 heavy (non-hydrogen) atoms. The average molecular weight is 156 g/mol. The molecule has 1 aliphatic rings. The van der Waals surface area contributed by atoms with Gasteiger partial charge in [-0.25, -0.2) is 0 Å². The van der Waals surface area contributed by atoms with Crippen LogP contribution in [0, 0.1) is 0 Å². The molecule has 0 heteroatoms. The van der Waals surface area contributed by atoms with Gasteiger partial charge in [0.2, 0.25) is 0 Å². The van der Waals surface area contributed by atoms with Crippen molar-refractivity contribution in [2.24, 2.45) is 0 Å². The van der Waals surface area contributed by atoms with Crippen molar-refractivity contribution in [1.29, 1.82) is 0 Å². The monoisotopic (exact) mass is 156 g/mol. The minimum Gasteiger partial charge on any atom is -0.0988 e. The van der Waals surface area contributed by atoms with Crippen LogP contribution in [0.2, 0.25) is 0 Å². The van der Waals surface area contributed by atoms with E-state index in [1.807, 2.05) is 6.08 Å². The Hall–Kier alpha value is -1.30. The van der Waals surface area contributed by atoms with Gasteiger partial charge in [-0.2, -0.15) is 0 Å². The van der Waals surface area contributed by atoms with Crippen molar-refractivity contribution in [1.82, 2.24) is 0 Å². The Labute approximate surface area is 73.2 Å². The summed E-state index contributed by atoms with van der Waals surface area (Å²) in [6.45, 7) is 3.79. The first-order valence-electron chi connectivity index (χ1n) is 4.28. The molecule has 60 valence electrons. The van der Waals surface area contributed by atoms with Gasteiger partial charge in [0.05, 0.1) is 0 Å². The van der Waals surface area contributed by atoms with E-state index in [4.69, 9.17) is 0 Å². The highest BCUT2D eigenvalue weighted by Gasteiger charge is 2.06. The van der Waals surface area contributed by atoms with Crippen LogP contribution in [0.3, 0.4) is 0 Å². The molecule has 1 aliphatic carbocycles. The SMILES string of the molecule is C=CC1=CCc2ccccc2C1. The van der Waals surface area contributed by atoms with E-state index in [1.54, 1.807) is 0 Å². The third-order valence-corrected chi connectivity index (χ3v) is 2.36. The number of allylic oxidation sites excluding steroid dienone is 3. The van der Waals surface area contributed by atoms with E-state index >= 15 is 0 Å². The molecule has 0 heterocycles. The van der Waals surface area contributed by atoms with E-state index in [2.05, 4.69) is 36.9 Å². The van der Waals surface area contributed by atoms with Gasteiger partial charge in [0.1, 0.15) is 0 Å². The van der Waals surface area contributed by atoms with Crippen LogP contribution >= 0.6 is 0 Å². The summed E-state index contributed by atoms with van der Waals surface area (Å²) in [4.78, 5) is 0. The van der Waals surface area contributed by atoms with Crippen LogP contribution in [0.4, 0.5) is 0 Å². The average Bonchev–Trinajstić information content (AvgIpc) is 2.17. The molecular formula is C12H12. The third-order valence-electron chi connectivity index (χ3n) is 2.36. The Balaban J connectivity index is 2.36. The van der Waals surface area contributed by atoms with Crippen LogP contribution in [-0.4, -0.2) is 0 Å². The van der Waals surface area contributed by atoms with E-state index in [0.29, 0.717) is 0 Å². The zero-order chi connectivity index (χ0) is 8.39. The van der Waals surface area contributed by atoms with Gasteiger partial charge >= 0.3 is 0 Å². The van der Waals surface area contributed by atoms with Crippen LogP contribution in [-0.2, 0) is 12.8 Å². The van der Waals surface area contributed by atoms with Gasteiger partial charge in [-0.3, -0.25) is 0 Å². The first kappa shape index (κ1) is 7.35. The summed E-state index contributed by atoms with van der Waals surface area (Å²) >= 11 is 0. The molecular weight excluding hydrogens is 144 g/mol. The molecule has 1 aromatic rings. The summed E-state index contributed by atoms with van der Waals surface area (Å²) in [7, 11) is 0. The predicted octanol–water partition coefficient (Wildman–Crippen LogP) is 2.90. The molecule has 0 N–H and O–H groups in total. The highest BCUT2D eigenvalue weighted by Crippen LogP contribution is 2.20. The van der Waals surface area contributed by atoms with Crippen LogP contribution in [0.25, 0.3) is 0 Å². The molecule has 0 saturated carbocycles. The first-order valence-corrected chi connectivity index (χ1v) is 4.28. The van der Waals surface area contributed by atoms with E-state index in [0.717, 1.165) is 12.8 Å². The second-order valence-electron chi connectivity index (χ2n) is 3.13. The van der Waals surface area contributed by atoms with Gasteiger partial charge in [-0.1, -0.05) is 43.0 Å². The van der Waals surface area contributed by atoms with Gasteiger partial charge in [-0.15, -0.1) is 0 Å². The lowest BCUT2D eigenvalue weighted by Crippen LogP contribution is -2.00. The van der Waals surface area contributed by atoms with Crippen molar-refractivity contribution >= 4 is 0 Å². The smallest absolute Gasteiger partial charge is 0.00262 e. The van der Waals surface area contributed by atoms with Gasteiger partial charge in [0.25, 0.3) is 0 Å². The van der Waals surface area contributed by atoms with Crippen LogP contribution < -0.4 is 0 Å². The Morgan fingerprint density at radius 2 is 1.92 bits per heavy atom. The van der Waals surface area contributed by atoms with Gasteiger partial charge in [0, 0.05) is 0 Å². The fourth-order valence-electron chi connectivity index (χ4n) is 1.62. The Morgan fingerprint density at radius 1 is 1.17 bits per heavy atom. The number of rotatable bonds is 1. The van der Waals surface area contributed by atoms with Crippen molar-refractivity contribution in [2.75, 3.05) is 0 Å². The van der Waals surface area contributed by atoms with Gasteiger partial charge in [-0.05, 0) is 29.5 Å². The Kier molecular flexibility index (Phi) is 1.83. The van der Waals surface area contributed by atoms with Crippen LogP contribution in [0.15, 0.2) is 48.6 Å².